The molecule has 5 saturated carbocycles. The second-order valence-electron chi connectivity index (χ2n) is 23.4. The van der Waals surface area contributed by atoms with E-state index in [1.807, 2.05) is 0 Å². The van der Waals surface area contributed by atoms with Gasteiger partial charge in [-0.05, 0) is 89.7 Å². The van der Waals surface area contributed by atoms with Gasteiger partial charge in [0.25, 0.3) is 0 Å². The molecule has 0 saturated heterocycles. The molecule has 19 nitrogen and oxygen atoms in total. The lowest BCUT2D eigenvalue weighted by Gasteiger charge is -2.28. The SMILES string of the molecule is COC(=O)c1c(OC(=O)C2CCCCC2)c(OC(=O)C2CCCCC2)cc2c1C(=O)/C(=C(\OC(=O)C1CCCCC1)c1cc3c(=O)c4c(C(=O)OC)c(OC(=O)C5CCCCC5)c(OC(=O)C5CCCCC5)cc4oc3c(C(C)=O)c1C)CO2. The second-order valence-corrected chi connectivity index (χ2v) is 23.4. The highest BCUT2D eigenvalue weighted by molar-refractivity contribution is 6.22. The number of ether oxygens (including phenoxy) is 8. The van der Waals surface area contributed by atoms with Crippen LogP contribution in [0.15, 0.2) is 33.0 Å². The molecular weight excluding hydrogens is 1080 g/mol. The molecule has 3 aromatic carbocycles. The van der Waals surface area contributed by atoms with Crippen LogP contribution >= 0.6 is 0 Å². The predicted octanol–water partition coefficient (Wildman–Crippen LogP) is 12.1. The van der Waals surface area contributed by atoms with E-state index in [2.05, 4.69) is 0 Å². The molecular formula is C65H72O19. The first-order valence-corrected chi connectivity index (χ1v) is 30.1. The van der Waals surface area contributed by atoms with Gasteiger partial charge >= 0.3 is 41.8 Å². The van der Waals surface area contributed by atoms with Crippen molar-refractivity contribution < 1.29 is 85.5 Å². The van der Waals surface area contributed by atoms with Crippen LogP contribution in [0.1, 0.15) is 220 Å². The maximum Gasteiger partial charge on any atom is 0.342 e. The molecule has 2 heterocycles. The summed E-state index contributed by atoms with van der Waals surface area (Å²) in [4.78, 5) is 145. The van der Waals surface area contributed by atoms with Gasteiger partial charge in [-0.2, -0.15) is 0 Å². The van der Waals surface area contributed by atoms with E-state index in [0.29, 0.717) is 77.0 Å². The first-order valence-electron chi connectivity index (χ1n) is 30.1. The largest absolute Gasteiger partial charge is 0.488 e. The van der Waals surface area contributed by atoms with Gasteiger partial charge in [-0.1, -0.05) is 96.3 Å². The average Bonchev–Trinajstić information content (AvgIpc) is 1.77. The molecule has 19 heteroatoms. The van der Waals surface area contributed by atoms with Gasteiger partial charge in [0, 0.05) is 17.7 Å². The molecule has 10 rings (SSSR count). The number of hydrogen-bond acceptors (Lipinski definition) is 19. The summed E-state index contributed by atoms with van der Waals surface area (Å²) in [7, 11) is 2.11. The van der Waals surface area contributed by atoms with Crippen LogP contribution in [0.25, 0.3) is 27.7 Å². The summed E-state index contributed by atoms with van der Waals surface area (Å²) in [6.07, 6.45) is 17.2. The smallest absolute Gasteiger partial charge is 0.342 e. The summed E-state index contributed by atoms with van der Waals surface area (Å²) in [6, 6.07) is 3.64. The summed E-state index contributed by atoms with van der Waals surface area (Å²) in [5.74, 6) is -12.7. The van der Waals surface area contributed by atoms with Crippen LogP contribution in [0, 0.1) is 36.5 Å². The Bertz CT molecular complexity index is 3420. The number of carbonyl (C=O) groups is 9. The highest BCUT2D eigenvalue weighted by atomic mass is 16.6. The lowest BCUT2D eigenvalue weighted by Crippen LogP contribution is -2.29. The van der Waals surface area contributed by atoms with Crippen LogP contribution in [0.5, 0.6) is 28.7 Å². The van der Waals surface area contributed by atoms with Gasteiger partial charge in [0.2, 0.25) is 11.2 Å². The molecule has 0 N–H and O–H groups in total. The molecule has 0 unspecified atom stereocenters. The minimum atomic E-state index is -1.16. The van der Waals surface area contributed by atoms with E-state index in [1.54, 1.807) is 0 Å². The summed E-state index contributed by atoms with van der Waals surface area (Å²) < 4.78 is 53.9. The number of rotatable bonds is 14. The normalized spacial score (nSPS) is 19.1. The van der Waals surface area contributed by atoms with Crippen molar-refractivity contribution in [2.24, 2.45) is 29.6 Å². The fraction of sp³-hybridized carbons (Fsp3) is 0.538. The number of benzene rings is 3. The van der Waals surface area contributed by atoms with Gasteiger partial charge in [-0.3, -0.25) is 38.4 Å². The second kappa shape index (κ2) is 26.1. The molecule has 84 heavy (non-hydrogen) atoms. The molecule has 4 aromatic rings. The number of carbonyl (C=O) groups excluding carboxylic acids is 9. The maximum atomic E-state index is 15.7. The van der Waals surface area contributed by atoms with Gasteiger partial charge in [-0.25, -0.2) is 9.59 Å². The summed E-state index contributed by atoms with van der Waals surface area (Å²) in [5.41, 5.74) is -3.91. The van der Waals surface area contributed by atoms with Crippen molar-refractivity contribution in [2.45, 2.75) is 174 Å². The van der Waals surface area contributed by atoms with E-state index in [4.69, 9.17) is 42.3 Å². The van der Waals surface area contributed by atoms with Gasteiger partial charge < -0.3 is 42.3 Å². The lowest BCUT2D eigenvalue weighted by atomic mass is 9.88. The number of fused-ring (bicyclic) bond motifs is 3. The Hall–Kier alpha value is -7.70. The minimum absolute atomic E-state index is 0.0606. The van der Waals surface area contributed by atoms with Crippen LogP contribution in [-0.4, -0.2) is 74.2 Å². The monoisotopic (exact) mass is 1160 g/mol. The molecule has 1 aromatic heterocycles. The number of methoxy groups -OCH3 is 2. The Kier molecular flexibility index (Phi) is 18.4. The van der Waals surface area contributed by atoms with Crippen molar-refractivity contribution in [2.75, 3.05) is 20.8 Å². The minimum Gasteiger partial charge on any atom is -0.488 e. The zero-order valence-electron chi connectivity index (χ0n) is 48.3. The Balaban J connectivity index is 1.19. The van der Waals surface area contributed by atoms with Gasteiger partial charge in [0.05, 0.1) is 71.3 Å². The number of hydrogen-bond donors (Lipinski definition) is 0. The fourth-order valence-electron chi connectivity index (χ4n) is 13.2. The van der Waals surface area contributed by atoms with E-state index in [1.165, 1.54) is 32.0 Å². The number of Topliss-reactive ketones (excluding diaryl/α,β-unsaturated/α-hetero) is 2. The van der Waals surface area contributed by atoms with Crippen LogP contribution < -0.4 is 29.1 Å². The fourth-order valence-corrected chi connectivity index (χ4v) is 13.2. The summed E-state index contributed by atoms with van der Waals surface area (Å²) >= 11 is 0. The van der Waals surface area contributed by atoms with Crippen molar-refractivity contribution in [1.82, 2.24) is 0 Å². The first kappa shape index (κ1) is 59.5. The van der Waals surface area contributed by atoms with Gasteiger partial charge in [-0.15, -0.1) is 0 Å². The molecule has 5 fully saturated rings. The lowest BCUT2D eigenvalue weighted by molar-refractivity contribution is -0.142. The molecule has 0 bridgehead atoms. The molecule has 0 amide bonds. The van der Waals surface area contributed by atoms with Gasteiger partial charge in [0.1, 0.15) is 40.4 Å². The van der Waals surface area contributed by atoms with Gasteiger partial charge in [0.15, 0.2) is 28.8 Å². The van der Waals surface area contributed by atoms with E-state index in [9.17, 15) is 38.4 Å². The number of esters is 7. The molecule has 1 aliphatic heterocycles. The topological polar surface area (TPSA) is 258 Å². The molecule has 5 aliphatic carbocycles. The van der Waals surface area contributed by atoms with Crippen molar-refractivity contribution in [3.63, 3.8) is 0 Å². The van der Waals surface area contributed by atoms with E-state index >= 15 is 9.59 Å². The zero-order valence-corrected chi connectivity index (χ0v) is 48.3. The van der Waals surface area contributed by atoms with Crippen molar-refractivity contribution in [1.29, 1.82) is 0 Å². The summed E-state index contributed by atoms with van der Waals surface area (Å²) in [6.45, 7) is 2.05. The molecule has 0 radical (unpaired) electrons. The van der Waals surface area contributed by atoms with Crippen LogP contribution in [0.3, 0.4) is 0 Å². The van der Waals surface area contributed by atoms with E-state index in [-0.39, 0.29) is 56.1 Å². The third-order valence-electron chi connectivity index (χ3n) is 17.9. The molecule has 0 atom stereocenters. The predicted molar refractivity (Wildman–Crippen MR) is 302 cm³/mol. The van der Waals surface area contributed by atoms with Crippen molar-refractivity contribution in [3.8, 4) is 28.7 Å². The highest BCUT2D eigenvalue weighted by Crippen LogP contribution is 2.48. The highest BCUT2D eigenvalue weighted by Gasteiger charge is 2.42. The Morgan fingerprint density at radius 1 is 0.500 bits per heavy atom. The molecule has 0 spiro atoms. The van der Waals surface area contributed by atoms with E-state index in [0.717, 1.165) is 97.7 Å². The molecule has 446 valence electrons. The standard InChI is InChI=1S/C65H72O19/c1-34-41(30-42-53(67)50-45(79-56(42)48(34)35(2)66)32-47(81-60(70)37-22-12-6-13-23-37)58(52(50)65(75)77-4)84-63(73)40-28-18-9-19-29-40)55(82-61(71)38-24-14-7-15-25-38)43-33-78-44-31-46(80-59(69)36-20-10-5-11-21-36)57(51(64(74)76-3)49(44)54(43)68)83-62(72)39-26-16-8-17-27-39/h30-32,36-40H,5-29,33H2,1-4H3/b55-43-. The Morgan fingerprint density at radius 2 is 0.917 bits per heavy atom. The Labute approximate surface area is 485 Å². The first-order chi connectivity index (χ1) is 40.6. The van der Waals surface area contributed by atoms with Crippen LogP contribution in [-0.2, 0) is 38.2 Å². The molecule has 6 aliphatic rings. The van der Waals surface area contributed by atoms with Crippen LogP contribution in [0.2, 0.25) is 0 Å². The van der Waals surface area contributed by atoms with Crippen molar-refractivity contribution in [3.05, 3.63) is 67.4 Å². The van der Waals surface area contributed by atoms with Crippen molar-refractivity contribution >= 4 is 81.0 Å². The third kappa shape index (κ3) is 12.1. The Morgan fingerprint density at radius 3 is 1.37 bits per heavy atom. The number of ketones is 2. The maximum absolute atomic E-state index is 15.7. The third-order valence-corrected chi connectivity index (χ3v) is 17.9. The van der Waals surface area contributed by atoms with Crippen LogP contribution in [0.4, 0.5) is 0 Å². The average molecular weight is 1160 g/mol. The van der Waals surface area contributed by atoms with E-state index < -0.39 is 134 Å². The quantitative estimate of drug-likeness (QED) is 0.0216. The zero-order chi connectivity index (χ0) is 59.3. The summed E-state index contributed by atoms with van der Waals surface area (Å²) in [5, 5.41) is -0.831.